The van der Waals surface area contributed by atoms with Crippen molar-refractivity contribution in [2.75, 3.05) is 0 Å². The molecule has 2 nitrogen and oxygen atoms in total. The molecule has 60 valence electrons. The van der Waals surface area contributed by atoms with Crippen molar-refractivity contribution in [1.82, 2.24) is 0 Å². The lowest BCUT2D eigenvalue weighted by atomic mass is 10.2. The van der Waals surface area contributed by atoms with Crippen LogP contribution in [-0.2, 0) is 4.79 Å². The molecule has 0 fully saturated rings. The molecule has 1 heterocycles. The second-order valence-corrected chi connectivity index (χ2v) is 3.86. The second-order valence-electron chi connectivity index (χ2n) is 2.70. The summed E-state index contributed by atoms with van der Waals surface area (Å²) in [5, 5.41) is 1.78. The summed E-state index contributed by atoms with van der Waals surface area (Å²) >= 11 is 2.25. The largest absolute Gasteiger partial charge is 0.270 e. The minimum atomic E-state index is -0.143. The maximum atomic E-state index is 10.9. The number of benzene rings is 1. The van der Waals surface area contributed by atoms with Gasteiger partial charge in [-0.25, -0.2) is 4.99 Å². The molecule has 3 heteroatoms. The molecular formula is C9H6INO. The van der Waals surface area contributed by atoms with Crippen LogP contribution < -0.4 is 10.6 Å². The van der Waals surface area contributed by atoms with Gasteiger partial charge in [-0.2, -0.15) is 0 Å². The van der Waals surface area contributed by atoms with E-state index in [0.717, 1.165) is 16.1 Å². The Bertz CT molecular complexity index is 476. The Hall–Kier alpha value is -0.710. The maximum Gasteiger partial charge on any atom is 0.270 e. The van der Waals surface area contributed by atoms with Crippen molar-refractivity contribution in [3.8, 4) is 0 Å². The summed E-state index contributed by atoms with van der Waals surface area (Å²) in [5.41, 5.74) is 1.14. The number of fused-ring (bicyclic) bond motifs is 1. The molecule has 1 aliphatic heterocycles. The van der Waals surface area contributed by atoms with Crippen molar-refractivity contribution in [3.63, 3.8) is 0 Å². The number of rotatable bonds is 0. The average molecular weight is 271 g/mol. The Kier molecular flexibility index (Phi) is 1.75. The average Bonchev–Trinajstić information content (AvgIpc) is 2.39. The smallest absolute Gasteiger partial charge is 0.267 e. The zero-order valence-corrected chi connectivity index (χ0v) is 8.62. The second kappa shape index (κ2) is 2.65. The van der Waals surface area contributed by atoms with E-state index in [1.54, 1.807) is 6.08 Å². The molecule has 12 heavy (non-hydrogen) atoms. The summed E-state index contributed by atoms with van der Waals surface area (Å²) in [4.78, 5) is 14.8. The third kappa shape index (κ3) is 1.08. The van der Waals surface area contributed by atoms with E-state index in [4.69, 9.17) is 0 Å². The maximum absolute atomic E-state index is 10.9. The van der Waals surface area contributed by atoms with Crippen LogP contribution in [0.25, 0.3) is 6.08 Å². The summed E-state index contributed by atoms with van der Waals surface area (Å²) in [6, 6.07) is 3.86. The minimum absolute atomic E-state index is 0.143. The Morgan fingerprint density at radius 3 is 2.92 bits per heavy atom. The van der Waals surface area contributed by atoms with E-state index in [1.165, 1.54) is 3.57 Å². The molecule has 0 bridgehead atoms. The monoisotopic (exact) mass is 271 g/mol. The molecule has 0 radical (unpaired) electrons. The molecule has 2 rings (SSSR count). The van der Waals surface area contributed by atoms with E-state index >= 15 is 0 Å². The van der Waals surface area contributed by atoms with Gasteiger partial charge in [-0.15, -0.1) is 0 Å². The van der Waals surface area contributed by atoms with Crippen molar-refractivity contribution in [2.24, 2.45) is 4.99 Å². The van der Waals surface area contributed by atoms with Crippen molar-refractivity contribution < 1.29 is 4.79 Å². The van der Waals surface area contributed by atoms with Gasteiger partial charge in [0.2, 0.25) is 0 Å². The van der Waals surface area contributed by atoms with Crippen LogP contribution in [0, 0.1) is 10.5 Å². The van der Waals surface area contributed by atoms with Crippen molar-refractivity contribution >= 4 is 34.6 Å². The number of nitrogens with zero attached hydrogens (tertiary/aromatic N) is 1. The van der Waals surface area contributed by atoms with Gasteiger partial charge in [0, 0.05) is 14.9 Å². The van der Waals surface area contributed by atoms with Crippen LogP contribution in [0.5, 0.6) is 0 Å². The summed E-state index contributed by atoms with van der Waals surface area (Å²) in [7, 11) is 0. The molecule has 0 saturated carbocycles. The lowest BCUT2D eigenvalue weighted by molar-refractivity contribution is -0.112. The Balaban J connectivity index is 2.96. The van der Waals surface area contributed by atoms with Crippen LogP contribution in [-0.4, -0.2) is 5.91 Å². The molecule has 0 aromatic heterocycles. The molecule has 1 aromatic carbocycles. The Labute approximate surface area is 83.1 Å². The first-order valence-corrected chi connectivity index (χ1v) is 4.66. The highest BCUT2D eigenvalue weighted by atomic mass is 127. The quantitative estimate of drug-likeness (QED) is 0.633. The van der Waals surface area contributed by atoms with Crippen molar-refractivity contribution in [2.45, 2.75) is 6.92 Å². The Morgan fingerprint density at radius 2 is 2.17 bits per heavy atom. The van der Waals surface area contributed by atoms with Gasteiger partial charge in [0.15, 0.2) is 0 Å². The van der Waals surface area contributed by atoms with Gasteiger partial charge in [0.25, 0.3) is 5.91 Å². The highest BCUT2D eigenvalue weighted by molar-refractivity contribution is 14.1. The van der Waals surface area contributed by atoms with Gasteiger partial charge in [-0.05, 0) is 47.2 Å². The van der Waals surface area contributed by atoms with Crippen LogP contribution in [0.1, 0.15) is 5.56 Å². The number of amides is 1. The first kappa shape index (κ1) is 7.91. The minimum Gasteiger partial charge on any atom is -0.267 e. The van der Waals surface area contributed by atoms with Gasteiger partial charge in [-0.1, -0.05) is 0 Å². The molecule has 1 amide bonds. The fourth-order valence-corrected chi connectivity index (χ4v) is 1.71. The number of carbonyl (C=O) groups is 1. The zero-order valence-electron chi connectivity index (χ0n) is 6.47. The van der Waals surface area contributed by atoms with Gasteiger partial charge < -0.3 is 0 Å². The lowest BCUT2D eigenvalue weighted by Gasteiger charge is -1.94. The highest BCUT2D eigenvalue weighted by Gasteiger charge is 2.06. The molecule has 0 saturated heterocycles. The SMILES string of the molecule is Cc1c(I)ccc2c1=CC(=O)N=2. The molecule has 0 spiro atoms. The third-order valence-corrected chi connectivity index (χ3v) is 3.09. The number of halogens is 1. The van der Waals surface area contributed by atoms with Crippen LogP contribution in [0.15, 0.2) is 17.1 Å². The van der Waals surface area contributed by atoms with Crippen LogP contribution in [0.3, 0.4) is 0 Å². The van der Waals surface area contributed by atoms with Gasteiger partial charge in [0.05, 0.1) is 5.36 Å². The van der Waals surface area contributed by atoms with Crippen LogP contribution in [0.4, 0.5) is 0 Å². The van der Waals surface area contributed by atoms with E-state index in [9.17, 15) is 4.79 Å². The molecule has 0 aliphatic carbocycles. The fraction of sp³-hybridized carbons (Fsp3) is 0.111. The first-order valence-electron chi connectivity index (χ1n) is 3.58. The zero-order chi connectivity index (χ0) is 8.72. The summed E-state index contributed by atoms with van der Waals surface area (Å²) < 4.78 is 1.17. The molecule has 1 aromatic rings. The van der Waals surface area contributed by atoms with E-state index in [-0.39, 0.29) is 5.91 Å². The Morgan fingerprint density at radius 1 is 1.42 bits per heavy atom. The predicted molar refractivity (Wildman–Crippen MR) is 54.1 cm³/mol. The van der Waals surface area contributed by atoms with Crippen molar-refractivity contribution in [3.05, 3.63) is 31.8 Å². The van der Waals surface area contributed by atoms with Crippen LogP contribution >= 0.6 is 22.6 Å². The van der Waals surface area contributed by atoms with Gasteiger partial charge >= 0.3 is 0 Å². The predicted octanol–water partition coefficient (Wildman–Crippen LogP) is 0.540. The van der Waals surface area contributed by atoms with Crippen molar-refractivity contribution in [1.29, 1.82) is 0 Å². The third-order valence-electron chi connectivity index (χ3n) is 1.92. The summed E-state index contributed by atoms with van der Waals surface area (Å²) in [6.07, 6.45) is 1.59. The van der Waals surface area contributed by atoms with E-state index < -0.39 is 0 Å². The number of hydrogen-bond donors (Lipinski definition) is 0. The highest BCUT2D eigenvalue weighted by Crippen LogP contribution is 2.04. The normalized spacial score (nSPS) is 13.7. The standard InChI is InChI=1S/C9H6INO/c1-5-6-4-9(12)11-8(6)3-2-7(5)10/h2-4H,1H3. The van der Waals surface area contributed by atoms with E-state index in [1.807, 2.05) is 19.1 Å². The lowest BCUT2D eigenvalue weighted by Crippen LogP contribution is -2.24. The number of hydrogen-bond acceptors (Lipinski definition) is 1. The van der Waals surface area contributed by atoms with E-state index in [2.05, 4.69) is 27.6 Å². The summed E-state index contributed by atoms with van der Waals surface area (Å²) in [6.45, 7) is 2.01. The van der Waals surface area contributed by atoms with Gasteiger partial charge in [-0.3, -0.25) is 4.79 Å². The summed E-state index contributed by atoms with van der Waals surface area (Å²) in [5.74, 6) is -0.143. The van der Waals surface area contributed by atoms with Crippen LogP contribution in [0.2, 0.25) is 0 Å². The van der Waals surface area contributed by atoms with E-state index in [0.29, 0.717) is 0 Å². The fourth-order valence-electron chi connectivity index (χ4n) is 1.24. The first-order chi connectivity index (χ1) is 5.68. The molecular weight excluding hydrogens is 265 g/mol. The topological polar surface area (TPSA) is 29.4 Å². The molecule has 0 atom stereocenters. The van der Waals surface area contributed by atoms with Gasteiger partial charge in [0.1, 0.15) is 0 Å². The number of carbonyl (C=O) groups excluding carboxylic acids is 1. The molecule has 0 N–H and O–H groups in total. The molecule has 1 aliphatic rings. The molecule has 0 unspecified atom stereocenters.